The van der Waals surface area contributed by atoms with E-state index in [1.807, 2.05) is 18.2 Å². The third kappa shape index (κ3) is 6.56. The van der Waals surface area contributed by atoms with Crippen LogP contribution in [0.4, 0.5) is 0 Å². The van der Waals surface area contributed by atoms with Gasteiger partial charge in [0.15, 0.2) is 0 Å². The largest absolute Gasteiger partial charge is 0.354 e. The second-order valence-electron chi connectivity index (χ2n) is 3.78. The molecule has 3 nitrogen and oxygen atoms in total. The van der Waals surface area contributed by atoms with Gasteiger partial charge >= 0.3 is 0 Å². The fourth-order valence-corrected chi connectivity index (χ4v) is 2.12. The zero-order valence-corrected chi connectivity index (χ0v) is 11.7. The van der Waals surface area contributed by atoms with Crippen molar-refractivity contribution in [1.29, 1.82) is 0 Å². The van der Waals surface area contributed by atoms with Gasteiger partial charge in [0, 0.05) is 16.7 Å². The van der Waals surface area contributed by atoms with Crippen molar-refractivity contribution >= 4 is 30.1 Å². The molecule has 0 aromatic heterocycles. The highest BCUT2D eigenvalue weighted by molar-refractivity contribution is 8.00. The van der Waals surface area contributed by atoms with Crippen LogP contribution in [0.15, 0.2) is 35.2 Å². The number of carbonyl (C=O) groups is 1. The van der Waals surface area contributed by atoms with Gasteiger partial charge < -0.3 is 11.1 Å². The van der Waals surface area contributed by atoms with Gasteiger partial charge in [-0.3, -0.25) is 4.79 Å². The molecule has 1 amide bonds. The Morgan fingerprint density at radius 1 is 1.35 bits per heavy atom. The van der Waals surface area contributed by atoms with Crippen LogP contribution >= 0.6 is 24.2 Å². The Labute approximate surface area is 113 Å². The molecule has 0 heterocycles. The van der Waals surface area contributed by atoms with E-state index < -0.39 is 6.04 Å². The highest BCUT2D eigenvalue weighted by atomic mass is 35.5. The summed E-state index contributed by atoms with van der Waals surface area (Å²) in [7, 11) is 0. The van der Waals surface area contributed by atoms with Crippen molar-refractivity contribution in [2.24, 2.45) is 5.73 Å². The summed E-state index contributed by atoms with van der Waals surface area (Å²) in [6.07, 6.45) is 0. The van der Waals surface area contributed by atoms with Crippen LogP contribution in [0.25, 0.3) is 0 Å². The lowest BCUT2D eigenvalue weighted by Crippen LogP contribution is -2.40. The number of benzene rings is 1. The topological polar surface area (TPSA) is 55.1 Å². The summed E-state index contributed by atoms with van der Waals surface area (Å²) in [6.45, 7) is 4.41. The molecule has 17 heavy (non-hydrogen) atoms. The minimum atomic E-state index is -0.436. The van der Waals surface area contributed by atoms with Gasteiger partial charge in [-0.1, -0.05) is 25.1 Å². The van der Waals surface area contributed by atoms with Crippen molar-refractivity contribution in [3.05, 3.63) is 30.3 Å². The van der Waals surface area contributed by atoms with Crippen molar-refractivity contribution in [3.63, 3.8) is 0 Å². The van der Waals surface area contributed by atoms with E-state index in [9.17, 15) is 4.79 Å². The standard InChI is InChI=1S/C12H18N2OS.ClH/c1-9(8-14-12(15)10(2)13)16-11-6-4-3-5-7-11;/h3-7,9-10H,8,13H2,1-2H3,(H,14,15);1H/t9?,10-;/m0./s1. The number of halogens is 1. The molecule has 0 aliphatic heterocycles. The average Bonchev–Trinajstić information content (AvgIpc) is 2.27. The van der Waals surface area contributed by atoms with E-state index in [4.69, 9.17) is 5.73 Å². The van der Waals surface area contributed by atoms with Crippen LogP contribution in [0.3, 0.4) is 0 Å². The molecule has 2 atom stereocenters. The van der Waals surface area contributed by atoms with Crippen LogP contribution in [0, 0.1) is 0 Å². The molecule has 0 radical (unpaired) electrons. The second kappa shape index (κ2) is 8.39. The first-order valence-electron chi connectivity index (χ1n) is 5.34. The molecule has 0 fully saturated rings. The Morgan fingerprint density at radius 3 is 2.47 bits per heavy atom. The SMILES string of the molecule is CC(CNC(=O)[C@H](C)N)Sc1ccccc1.Cl. The summed E-state index contributed by atoms with van der Waals surface area (Å²) < 4.78 is 0. The van der Waals surface area contributed by atoms with Crippen LogP contribution < -0.4 is 11.1 Å². The number of rotatable bonds is 5. The molecule has 1 aromatic carbocycles. The van der Waals surface area contributed by atoms with Crippen molar-refractivity contribution in [1.82, 2.24) is 5.32 Å². The highest BCUT2D eigenvalue weighted by Crippen LogP contribution is 2.21. The number of hydrogen-bond acceptors (Lipinski definition) is 3. The van der Waals surface area contributed by atoms with Gasteiger partial charge in [-0.25, -0.2) is 0 Å². The zero-order chi connectivity index (χ0) is 12.0. The van der Waals surface area contributed by atoms with Crippen LogP contribution in [-0.2, 0) is 4.79 Å². The predicted molar refractivity (Wildman–Crippen MR) is 75.7 cm³/mol. The first-order chi connectivity index (χ1) is 7.59. The molecule has 0 spiro atoms. The van der Waals surface area contributed by atoms with E-state index in [2.05, 4.69) is 24.4 Å². The minimum absolute atomic E-state index is 0. The van der Waals surface area contributed by atoms with E-state index in [-0.39, 0.29) is 18.3 Å². The van der Waals surface area contributed by atoms with E-state index >= 15 is 0 Å². The first-order valence-corrected chi connectivity index (χ1v) is 6.22. The molecule has 1 aromatic rings. The van der Waals surface area contributed by atoms with Crippen molar-refractivity contribution in [2.75, 3.05) is 6.54 Å². The highest BCUT2D eigenvalue weighted by Gasteiger charge is 2.09. The normalized spacial score (nSPS) is 13.4. The van der Waals surface area contributed by atoms with Crippen LogP contribution in [-0.4, -0.2) is 23.7 Å². The maximum Gasteiger partial charge on any atom is 0.236 e. The van der Waals surface area contributed by atoms with Crippen molar-refractivity contribution in [3.8, 4) is 0 Å². The van der Waals surface area contributed by atoms with Gasteiger partial charge in [0.2, 0.25) is 5.91 Å². The Hall–Kier alpha value is -0.710. The Kier molecular flexibility index (Phi) is 8.04. The Bertz CT molecular complexity index is 333. The van der Waals surface area contributed by atoms with Gasteiger partial charge in [-0.15, -0.1) is 24.2 Å². The van der Waals surface area contributed by atoms with E-state index in [0.717, 1.165) is 0 Å². The monoisotopic (exact) mass is 274 g/mol. The third-order valence-corrected chi connectivity index (χ3v) is 3.17. The molecule has 0 saturated heterocycles. The first kappa shape index (κ1) is 16.3. The summed E-state index contributed by atoms with van der Waals surface area (Å²) in [5.74, 6) is -0.0967. The molecule has 3 N–H and O–H groups in total. The number of nitrogens with one attached hydrogen (secondary N) is 1. The van der Waals surface area contributed by atoms with E-state index in [0.29, 0.717) is 11.8 Å². The Morgan fingerprint density at radius 2 is 1.94 bits per heavy atom. The summed E-state index contributed by atoms with van der Waals surface area (Å²) in [6, 6.07) is 9.70. The lowest BCUT2D eigenvalue weighted by Gasteiger charge is -2.13. The molecule has 0 aliphatic carbocycles. The second-order valence-corrected chi connectivity index (χ2v) is 5.29. The fraction of sp³-hybridized carbons (Fsp3) is 0.417. The van der Waals surface area contributed by atoms with E-state index in [1.165, 1.54) is 4.90 Å². The predicted octanol–water partition coefficient (Wildman–Crippen LogP) is 2.05. The van der Waals surface area contributed by atoms with Crippen LogP contribution in [0.1, 0.15) is 13.8 Å². The molecular formula is C12H19ClN2OS. The van der Waals surface area contributed by atoms with Gasteiger partial charge in [-0.2, -0.15) is 0 Å². The zero-order valence-electron chi connectivity index (χ0n) is 10.1. The number of nitrogens with two attached hydrogens (primary N) is 1. The molecule has 1 rings (SSSR count). The molecular weight excluding hydrogens is 256 g/mol. The molecule has 0 aliphatic rings. The smallest absolute Gasteiger partial charge is 0.236 e. The lowest BCUT2D eigenvalue weighted by molar-refractivity contribution is -0.121. The summed E-state index contributed by atoms with van der Waals surface area (Å²) in [4.78, 5) is 12.5. The number of hydrogen-bond donors (Lipinski definition) is 2. The lowest BCUT2D eigenvalue weighted by atomic mass is 10.3. The molecule has 96 valence electrons. The summed E-state index contributed by atoms with van der Waals surface area (Å²) in [5, 5.41) is 3.16. The van der Waals surface area contributed by atoms with Gasteiger partial charge in [0.25, 0.3) is 0 Å². The van der Waals surface area contributed by atoms with Crippen LogP contribution in [0.2, 0.25) is 0 Å². The fourth-order valence-electron chi connectivity index (χ4n) is 1.18. The van der Waals surface area contributed by atoms with Gasteiger partial charge in [0.1, 0.15) is 0 Å². The molecule has 0 saturated carbocycles. The van der Waals surface area contributed by atoms with E-state index in [1.54, 1.807) is 18.7 Å². The Balaban J connectivity index is 0.00000256. The number of carbonyl (C=O) groups excluding carboxylic acids is 1. The van der Waals surface area contributed by atoms with Crippen molar-refractivity contribution in [2.45, 2.75) is 30.0 Å². The summed E-state index contributed by atoms with van der Waals surface area (Å²) in [5.41, 5.74) is 5.46. The number of amides is 1. The third-order valence-electron chi connectivity index (χ3n) is 2.06. The maximum absolute atomic E-state index is 11.3. The molecule has 1 unspecified atom stereocenters. The molecule has 0 bridgehead atoms. The maximum atomic E-state index is 11.3. The average molecular weight is 275 g/mol. The van der Waals surface area contributed by atoms with Gasteiger partial charge in [-0.05, 0) is 19.1 Å². The summed E-state index contributed by atoms with van der Waals surface area (Å²) >= 11 is 1.74. The van der Waals surface area contributed by atoms with Crippen molar-refractivity contribution < 1.29 is 4.79 Å². The van der Waals surface area contributed by atoms with Crippen LogP contribution in [0.5, 0.6) is 0 Å². The minimum Gasteiger partial charge on any atom is -0.354 e. The number of thioether (sulfide) groups is 1. The van der Waals surface area contributed by atoms with Gasteiger partial charge in [0.05, 0.1) is 6.04 Å². The quantitative estimate of drug-likeness (QED) is 0.808. The molecule has 5 heteroatoms.